The summed E-state index contributed by atoms with van der Waals surface area (Å²) < 4.78 is 10.3. The van der Waals surface area contributed by atoms with Crippen molar-refractivity contribution in [2.75, 3.05) is 19.5 Å². The van der Waals surface area contributed by atoms with E-state index >= 15 is 0 Å². The Labute approximate surface area is 114 Å². The third-order valence-electron chi connectivity index (χ3n) is 2.40. The highest BCUT2D eigenvalue weighted by atomic mass is 35.5. The van der Waals surface area contributed by atoms with Crippen LogP contribution >= 0.6 is 11.6 Å². The van der Waals surface area contributed by atoms with Crippen molar-refractivity contribution >= 4 is 23.2 Å². The Bertz CT molecular complexity index is 642. The molecule has 2 N–H and O–H groups in total. The Balaban J connectivity index is 2.41. The average molecular weight is 282 g/mol. The van der Waals surface area contributed by atoms with Gasteiger partial charge in [0.2, 0.25) is 5.95 Å². The van der Waals surface area contributed by atoms with Crippen LogP contribution in [0, 0.1) is 0 Å². The highest BCUT2D eigenvalue weighted by Gasteiger charge is 2.10. The van der Waals surface area contributed by atoms with Crippen LogP contribution in [0.3, 0.4) is 0 Å². The molecule has 1 aromatic carbocycles. The number of hydrogen-bond donors (Lipinski definition) is 2. The number of rotatable bonds is 4. The first-order valence-electron chi connectivity index (χ1n) is 5.38. The van der Waals surface area contributed by atoms with Gasteiger partial charge >= 0.3 is 0 Å². The van der Waals surface area contributed by atoms with Crippen LogP contribution in [0.25, 0.3) is 0 Å². The van der Waals surface area contributed by atoms with Crippen molar-refractivity contribution in [2.45, 2.75) is 0 Å². The molecule has 1 heterocycles. The Morgan fingerprint density at radius 3 is 2.63 bits per heavy atom. The van der Waals surface area contributed by atoms with Crippen LogP contribution < -0.4 is 20.3 Å². The zero-order valence-corrected chi connectivity index (χ0v) is 11.1. The van der Waals surface area contributed by atoms with Crippen molar-refractivity contribution in [3.05, 3.63) is 39.8 Å². The summed E-state index contributed by atoms with van der Waals surface area (Å²) in [6.07, 6.45) is 1.40. The fourth-order valence-corrected chi connectivity index (χ4v) is 1.75. The summed E-state index contributed by atoms with van der Waals surface area (Å²) in [6, 6.07) is 4.60. The summed E-state index contributed by atoms with van der Waals surface area (Å²) in [5.41, 5.74) is 0.329. The van der Waals surface area contributed by atoms with Crippen molar-refractivity contribution in [1.82, 2.24) is 9.97 Å². The third kappa shape index (κ3) is 2.97. The number of hydrogen-bond acceptors (Lipinski definition) is 5. The fraction of sp³-hybridized carbons (Fsp3) is 0.167. The number of halogens is 1. The second kappa shape index (κ2) is 5.62. The Morgan fingerprint density at radius 2 is 2.00 bits per heavy atom. The van der Waals surface area contributed by atoms with Crippen molar-refractivity contribution in [1.29, 1.82) is 0 Å². The molecule has 100 valence electrons. The maximum absolute atomic E-state index is 11.2. The molecule has 7 heteroatoms. The summed E-state index contributed by atoms with van der Waals surface area (Å²) in [5.74, 6) is 1.30. The zero-order valence-electron chi connectivity index (χ0n) is 10.4. The lowest BCUT2D eigenvalue weighted by Crippen LogP contribution is -2.08. The lowest BCUT2D eigenvalue weighted by atomic mass is 10.2. The van der Waals surface area contributed by atoms with E-state index in [1.54, 1.807) is 12.1 Å². The van der Waals surface area contributed by atoms with Crippen molar-refractivity contribution in [2.24, 2.45) is 0 Å². The first kappa shape index (κ1) is 13.2. The molecule has 0 aliphatic rings. The molecule has 1 aromatic heterocycles. The van der Waals surface area contributed by atoms with E-state index in [1.165, 1.54) is 26.5 Å². The van der Waals surface area contributed by atoms with E-state index < -0.39 is 0 Å². The maximum atomic E-state index is 11.2. The number of methoxy groups -OCH3 is 2. The molecule has 6 nitrogen and oxygen atoms in total. The van der Waals surface area contributed by atoms with E-state index in [9.17, 15) is 4.79 Å². The molecule has 0 radical (unpaired) electrons. The second-order valence-corrected chi connectivity index (χ2v) is 4.00. The molecule has 0 aliphatic heterocycles. The summed E-state index contributed by atoms with van der Waals surface area (Å²) in [4.78, 5) is 17.7. The molecule has 0 fully saturated rings. The van der Waals surface area contributed by atoms with Gasteiger partial charge in [-0.05, 0) is 0 Å². The van der Waals surface area contributed by atoms with Crippen LogP contribution in [-0.2, 0) is 0 Å². The quantitative estimate of drug-likeness (QED) is 0.898. The highest BCUT2D eigenvalue weighted by molar-refractivity contribution is 6.32. The van der Waals surface area contributed by atoms with Crippen LogP contribution in [0.1, 0.15) is 0 Å². The minimum atomic E-state index is -0.252. The predicted molar refractivity (Wildman–Crippen MR) is 72.7 cm³/mol. The minimum absolute atomic E-state index is 0.252. The second-order valence-electron chi connectivity index (χ2n) is 3.59. The lowest BCUT2D eigenvalue weighted by molar-refractivity contribution is 0.405. The Kier molecular flexibility index (Phi) is 3.91. The lowest BCUT2D eigenvalue weighted by Gasteiger charge is -2.13. The summed E-state index contributed by atoms with van der Waals surface area (Å²) in [5, 5.41) is 3.37. The van der Waals surface area contributed by atoms with E-state index in [1.807, 2.05) is 0 Å². The van der Waals surface area contributed by atoms with Crippen LogP contribution in [0.2, 0.25) is 5.02 Å². The molecule has 0 saturated heterocycles. The standard InChI is InChI=1S/C12H12ClN3O3/c1-18-9-6-8(10(19-2)5-7(9)13)15-12-14-4-3-11(17)16-12/h3-6H,1-2H3,(H2,14,15,16,17). The number of nitrogens with zero attached hydrogens (tertiary/aromatic N) is 1. The molecule has 2 aromatic rings. The van der Waals surface area contributed by atoms with Crippen LogP contribution in [0.15, 0.2) is 29.2 Å². The molecule has 0 unspecified atom stereocenters. The van der Waals surface area contributed by atoms with Gasteiger partial charge in [-0.2, -0.15) is 0 Å². The monoisotopic (exact) mass is 281 g/mol. The molecule has 19 heavy (non-hydrogen) atoms. The number of aromatic nitrogens is 2. The van der Waals surface area contributed by atoms with Gasteiger partial charge in [0.25, 0.3) is 5.56 Å². The number of benzene rings is 1. The van der Waals surface area contributed by atoms with Gasteiger partial charge in [0, 0.05) is 24.4 Å². The predicted octanol–water partition coefficient (Wildman–Crippen LogP) is 2.18. The summed E-state index contributed by atoms with van der Waals surface area (Å²) in [6.45, 7) is 0. The molecule has 2 rings (SSSR count). The molecule has 0 atom stereocenters. The topological polar surface area (TPSA) is 76.2 Å². The first-order chi connectivity index (χ1) is 9.13. The average Bonchev–Trinajstić information content (AvgIpc) is 2.40. The molecule has 0 amide bonds. The zero-order chi connectivity index (χ0) is 13.8. The molecule has 0 saturated carbocycles. The number of nitrogens with one attached hydrogen (secondary N) is 2. The SMILES string of the molecule is COc1cc(Nc2nccc(=O)[nH]2)c(OC)cc1Cl. The minimum Gasteiger partial charge on any atom is -0.495 e. The third-order valence-corrected chi connectivity index (χ3v) is 2.69. The van der Waals surface area contributed by atoms with Gasteiger partial charge in [0.15, 0.2) is 0 Å². The van der Waals surface area contributed by atoms with Crippen molar-refractivity contribution < 1.29 is 9.47 Å². The van der Waals surface area contributed by atoms with Gasteiger partial charge in [-0.1, -0.05) is 11.6 Å². The molecule has 0 aliphatic carbocycles. The normalized spacial score (nSPS) is 10.1. The fourth-order valence-electron chi connectivity index (χ4n) is 1.52. The van der Waals surface area contributed by atoms with E-state index in [-0.39, 0.29) is 5.56 Å². The number of aromatic amines is 1. The molecular weight excluding hydrogens is 270 g/mol. The van der Waals surface area contributed by atoms with Crippen molar-refractivity contribution in [3.63, 3.8) is 0 Å². The Hall–Kier alpha value is -2.21. The van der Waals surface area contributed by atoms with Gasteiger partial charge in [-0.15, -0.1) is 0 Å². The van der Waals surface area contributed by atoms with E-state index in [4.69, 9.17) is 21.1 Å². The number of anilines is 2. The van der Waals surface area contributed by atoms with E-state index in [2.05, 4.69) is 15.3 Å². The maximum Gasteiger partial charge on any atom is 0.252 e. The Morgan fingerprint density at radius 1 is 1.26 bits per heavy atom. The van der Waals surface area contributed by atoms with Crippen LogP contribution in [0.4, 0.5) is 11.6 Å². The van der Waals surface area contributed by atoms with Crippen molar-refractivity contribution in [3.8, 4) is 11.5 Å². The van der Waals surface area contributed by atoms with Crippen LogP contribution in [0.5, 0.6) is 11.5 Å². The van der Waals surface area contributed by atoms with Gasteiger partial charge in [0.05, 0.1) is 24.9 Å². The molecule has 0 spiro atoms. The van der Waals surface area contributed by atoms with E-state index in [0.717, 1.165) is 0 Å². The number of ether oxygens (including phenoxy) is 2. The summed E-state index contributed by atoms with van der Waals surface area (Å²) >= 11 is 6.00. The van der Waals surface area contributed by atoms with Gasteiger partial charge in [-0.3, -0.25) is 9.78 Å². The molecule has 0 bridgehead atoms. The van der Waals surface area contributed by atoms with E-state index in [0.29, 0.717) is 28.2 Å². The smallest absolute Gasteiger partial charge is 0.252 e. The number of H-pyrrole nitrogens is 1. The summed E-state index contributed by atoms with van der Waals surface area (Å²) in [7, 11) is 3.03. The van der Waals surface area contributed by atoms with Crippen LogP contribution in [-0.4, -0.2) is 24.2 Å². The highest BCUT2D eigenvalue weighted by Crippen LogP contribution is 2.36. The van der Waals surface area contributed by atoms with Gasteiger partial charge in [-0.25, -0.2) is 4.98 Å². The molecular formula is C12H12ClN3O3. The largest absolute Gasteiger partial charge is 0.495 e. The van der Waals surface area contributed by atoms with Gasteiger partial charge < -0.3 is 14.8 Å². The first-order valence-corrected chi connectivity index (χ1v) is 5.75. The van der Waals surface area contributed by atoms with Gasteiger partial charge in [0.1, 0.15) is 11.5 Å².